The monoisotopic (exact) mass is 186 g/mol. The number of carboxylic acid groups (broad SMARTS) is 2. The van der Waals surface area contributed by atoms with E-state index in [2.05, 4.69) is 0 Å². The van der Waals surface area contributed by atoms with Crippen LogP contribution in [0.25, 0.3) is 0 Å². The SMILES string of the molecule is O=C(O)CCCC1(C(=O)O)CCC1. The summed E-state index contributed by atoms with van der Waals surface area (Å²) in [6, 6.07) is 0. The fourth-order valence-electron chi connectivity index (χ4n) is 1.75. The Morgan fingerprint density at radius 3 is 2.15 bits per heavy atom. The topological polar surface area (TPSA) is 74.6 Å². The molecule has 1 rings (SSSR count). The Morgan fingerprint density at radius 1 is 1.23 bits per heavy atom. The van der Waals surface area contributed by atoms with Crippen molar-refractivity contribution in [2.45, 2.75) is 38.5 Å². The molecular weight excluding hydrogens is 172 g/mol. The summed E-state index contributed by atoms with van der Waals surface area (Å²) in [5.41, 5.74) is -0.588. The van der Waals surface area contributed by atoms with E-state index < -0.39 is 17.4 Å². The lowest BCUT2D eigenvalue weighted by atomic mass is 9.66. The van der Waals surface area contributed by atoms with E-state index in [9.17, 15) is 9.59 Å². The number of aliphatic carboxylic acids is 2. The highest BCUT2D eigenvalue weighted by atomic mass is 16.4. The number of hydrogen-bond acceptors (Lipinski definition) is 2. The smallest absolute Gasteiger partial charge is 0.309 e. The van der Waals surface area contributed by atoms with Crippen LogP contribution in [0.15, 0.2) is 0 Å². The first-order chi connectivity index (χ1) is 6.07. The Labute approximate surface area is 76.6 Å². The van der Waals surface area contributed by atoms with Crippen LogP contribution in [0.3, 0.4) is 0 Å². The lowest BCUT2D eigenvalue weighted by Crippen LogP contribution is -2.37. The molecule has 0 heterocycles. The molecule has 1 aliphatic carbocycles. The maximum Gasteiger partial charge on any atom is 0.309 e. The van der Waals surface area contributed by atoms with Crippen LogP contribution in [0.2, 0.25) is 0 Å². The minimum absolute atomic E-state index is 0.0784. The standard InChI is InChI=1S/C9H14O4/c10-7(11)3-1-4-9(8(12)13)5-2-6-9/h1-6H2,(H,10,11)(H,12,13). The van der Waals surface area contributed by atoms with Crippen LogP contribution in [0, 0.1) is 5.41 Å². The summed E-state index contributed by atoms with van der Waals surface area (Å²) < 4.78 is 0. The molecule has 0 saturated heterocycles. The Hall–Kier alpha value is -1.06. The van der Waals surface area contributed by atoms with Crippen molar-refractivity contribution in [3.63, 3.8) is 0 Å². The summed E-state index contributed by atoms with van der Waals surface area (Å²) in [5.74, 6) is -1.61. The van der Waals surface area contributed by atoms with Crippen molar-refractivity contribution in [2.24, 2.45) is 5.41 Å². The van der Waals surface area contributed by atoms with Crippen molar-refractivity contribution < 1.29 is 19.8 Å². The highest BCUT2D eigenvalue weighted by Gasteiger charge is 2.43. The fraction of sp³-hybridized carbons (Fsp3) is 0.778. The van der Waals surface area contributed by atoms with Gasteiger partial charge in [-0.15, -0.1) is 0 Å². The van der Waals surface area contributed by atoms with E-state index in [4.69, 9.17) is 10.2 Å². The molecule has 13 heavy (non-hydrogen) atoms. The van der Waals surface area contributed by atoms with Gasteiger partial charge in [-0.1, -0.05) is 6.42 Å². The van der Waals surface area contributed by atoms with Gasteiger partial charge in [0.25, 0.3) is 0 Å². The molecule has 0 unspecified atom stereocenters. The van der Waals surface area contributed by atoms with Crippen molar-refractivity contribution in [1.82, 2.24) is 0 Å². The molecule has 0 atom stereocenters. The third kappa shape index (κ3) is 2.20. The summed E-state index contributed by atoms with van der Waals surface area (Å²) in [6.45, 7) is 0. The molecule has 4 heteroatoms. The van der Waals surface area contributed by atoms with Gasteiger partial charge in [0, 0.05) is 6.42 Å². The van der Waals surface area contributed by atoms with E-state index >= 15 is 0 Å². The number of hydrogen-bond donors (Lipinski definition) is 2. The first-order valence-electron chi connectivity index (χ1n) is 4.52. The zero-order valence-electron chi connectivity index (χ0n) is 7.45. The van der Waals surface area contributed by atoms with Gasteiger partial charge in [-0.05, 0) is 25.7 Å². The maximum atomic E-state index is 10.8. The Balaban J connectivity index is 2.32. The van der Waals surface area contributed by atoms with Crippen LogP contribution in [0.5, 0.6) is 0 Å². The second kappa shape index (κ2) is 3.77. The molecule has 1 saturated carbocycles. The molecule has 0 spiro atoms. The van der Waals surface area contributed by atoms with Gasteiger partial charge in [-0.3, -0.25) is 9.59 Å². The molecule has 0 aromatic carbocycles. The Morgan fingerprint density at radius 2 is 1.85 bits per heavy atom. The molecule has 2 N–H and O–H groups in total. The van der Waals surface area contributed by atoms with Gasteiger partial charge in [-0.25, -0.2) is 0 Å². The zero-order chi connectivity index (χ0) is 9.90. The predicted molar refractivity (Wildman–Crippen MR) is 45.4 cm³/mol. The first-order valence-corrected chi connectivity index (χ1v) is 4.52. The molecule has 1 fully saturated rings. The van der Waals surface area contributed by atoms with Gasteiger partial charge in [0.1, 0.15) is 0 Å². The Bertz CT molecular complexity index is 218. The van der Waals surface area contributed by atoms with Crippen molar-refractivity contribution in [3.8, 4) is 0 Å². The van der Waals surface area contributed by atoms with E-state index in [1.807, 2.05) is 0 Å². The van der Waals surface area contributed by atoms with Gasteiger partial charge < -0.3 is 10.2 Å². The minimum Gasteiger partial charge on any atom is -0.481 e. The normalized spacial score (nSPS) is 19.1. The summed E-state index contributed by atoms with van der Waals surface area (Å²) in [5, 5.41) is 17.3. The van der Waals surface area contributed by atoms with Crippen LogP contribution in [0.1, 0.15) is 38.5 Å². The maximum absolute atomic E-state index is 10.8. The molecule has 0 amide bonds. The van der Waals surface area contributed by atoms with Crippen molar-refractivity contribution in [1.29, 1.82) is 0 Å². The predicted octanol–water partition coefficient (Wildman–Crippen LogP) is 1.50. The first kappa shape index (κ1) is 10.0. The molecule has 0 aromatic heterocycles. The number of carboxylic acids is 2. The van der Waals surface area contributed by atoms with E-state index in [-0.39, 0.29) is 6.42 Å². The fourth-order valence-corrected chi connectivity index (χ4v) is 1.75. The summed E-state index contributed by atoms with van der Waals surface area (Å²) in [7, 11) is 0. The second-order valence-electron chi connectivity index (χ2n) is 3.69. The van der Waals surface area contributed by atoms with Gasteiger partial charge in [0.05, 0.1) is 5.41 Å². The third-order valence-electron chi connectivity index (χ3n) is 2.81. The van der Waals surface area contributed by atoms with Gasteiger partial charge in [0.2, 0.25) is 0 Å². The highest BCUT2D eigenvalue weighted by Crippen LogP contribution is 2.45. The van der Waals surface area contributed by atoms with Crippen molar-refractivity contribution >= 4 is 11.9 Å². The quantitative estimate of drug-likeness (QED) is 0.682. The van der Waals surface area contributed by atoms with Crippen molar-refractivity contribution in [2.75, 3.05) is 0 Å². The summed E-state index contributed by atoms with van der Waals surface area (Å²) in [6.07, 6.45) is 3.44. The minimum atomic E-state index is -0.847. The third-order valence-corrected chi connectivity index (χ3v) is 2.81. The molecule has 0 radical (unpaired) electrons. The highest BCUT2D eigenvalue weighted by molar-refractivity contribution is 5.75. The van der Waals surface area contributed by atoms with Crippen LogP contribution in [0.4, 0.5) is 0 Å². The molecule has 1 aliphatic rings. The van der Waals surface area contributed by atoms with E-state index in [1.54, 1.807) is 0 Å². The molecule has 4 nitrogen and oxygen atoms in total. The molecule has 74 valence electrons. The van der Waals surface area contributed by atoms with Crippen LogP contribution >= 0.6 is 0 Å². The number of carbonyl (C=O) groups is 2. The van der Waals surface area contributed by atoms with E-state index in [1.165, 1.54) is 0 Å². The second-order valence-corrected chi connectivity index (χ2v) is 3.69. The van der Waals surface area contributed by atoms with Crippen LogP contribution < -0.4 is 0 Å². The van der Waals surface area contributed by atoms with Gasteiger partial charge in [0.15, 0.2) is 0 Å². The number of rotatable bonds is 5. The van der Waals surface area contributed by atoms with Crippen molar-refractivity contribution in [3.05, 3.63) is 0 Å². The lowest BCUT2D eigenvalue weighted by Gasteiger charge is -2.37. The molecule has 0 aromatic rings. The van der Waals surface area contributed by atoms with Gasteiger partial charge >= 0.3 is 11.9 Å². The van der Waals surface area contributed by atoms with E-state index in [0.29, 0.717) is 25.7 Å². The Kier molecular flexibility index (Phi) is 2.90. The lowest BCUT2D eigenvalue weighted by molar-refractivity contribution is -0.155. The average Bonchev–Trinajstić information content (AvgIpc) is 1.93. The van der Waals surface area contributed by atoms with Crippen LogP contribution in [-0.2, 0) is 9.59 Å². The van der Waals surface area contributed by atoms with Gasteiger partial charge in [-0.2, -0.15) is 0 Å². The molecular formula is C9H14O4. The summed E-state index contributed by atoms with van der Waals surface area (Å²) in [4.78, 5) is 21.0. The largest absolute Gasteiger partial charge is 0.481 e. The molecule has 0 aliphatic heterocycles. The van der Waals surface area contributed by atoms with Crippen LogP contribution in [-0.4, -0.2) is 22.2 Å². The average molecular weight is 186 g/mol. The molecule has 0 bridgehead atoms. The van der Waals surface area contributed by atoms with E-state index in [0.717, 1.165) is 6.42 Å². The zero-order valence-corrected chi connectivity index (χ0v) is 7.45. The summed E-state index contributed by atoms with van der Waals surface area (Å²) >= 11 is 0.